The summed E-state index contributed by atoms with van der Waals surface area (Å²) >= 11 is 0. The quantitative estimate of drug-likeness (QED) is 0.746. The van der Waals surface area contributed by atoms with Gasteiger partial charge in [0.1, 0.15) is 5.75 Å². The van der Waals surface area contributed by atoms with Crippen molar-refractivity contribution in [2.24, 2.45) is 5.73 Å². The van der Waals surface area contributed by atoms with Crippen LogP contribution in [0.1, 0.15) is 17.2 Å². The molecule has 0 saturated heterocycles. The second-order valence-electron chi connectivity index (χ2n) is 4.04. The van der Waals surface area contributed by atoms with Crippen LogP contribution in [0.25, 0.3) is 0 Å². The van der Waals surface area contributed by atoms with Gasteiger partial charge < -0.3 is 10.3 Å². The van der Waals surface area contributed by atoms with E-state index in [4.69, 9.17) is 15.5 Å². The summed E-state index contributed by atoms with van der Waals surface area (Å²) in [6.07, 6.45) is 0. The predicted octanol–water partition coefficient (Wildman–Crippen LogP) is 2.21. The maximum atomic E-state index is 10.7. The minimum Gasteiger partial charge on any atom is -0.404 e. The standard InChI is InChI=1S/C13H14NO4P/c14-13(10-4-2-1-3-5-10)11-6-8-12(9-7-11)18-19(15,16)17/h1-9,13H,14H2,(H2,15,16,17). The molecule has 0 fully saturated rings. The Morgan fingerprint density at radius 1 is 0.947 bits per heavy atom. The number of rotatable bonds is 4. The molecular formula is C13H14NO4P. The number of benzene rings is 2. The van der Waals surface area contributed by atoms with E-state index in [2.05, 4.69) is 4.52 Å². The van der Waals surface area contributed by atoms with E-state index < -0.39 is 7.82 Å². The van der Waals surface area contributed by atoms with E-state index in [1.807, 2.05) is 30.3 Å². The van der Waals surface area contributed by atoms with Crippen molar-refractivity contribution in [1.82, 2.24) is 0 Å². The van der Waals surface area contributed by atoms with Crippen molar-refractivity contribution in [2.75, 3.05) is 0 Å². The molecule has 1 unspecified atom stereocenters. The van der Waals surface area contributed by atoms with Crippen LogP contribution in [0.3, 0.4) is 0 Å². The molecule has 0 aliphatic carbocycles. The zero-order chi connectivity index (χ0) is 13.9. The Hall–Kier alpha value is -1.65. The summed E-state index contributed by atoms with van der Waals surface area (Å²) in [6.45, 7) is 0. The van der Waals surface area contributed by atoms with Gasteiger partial charge in [-0.3, -0.25) is 9.79 Å². The molecule has 2 rings (SSSR count). The lowest BCUT2D eigenvalue weighted by atomic mass is 10.00. The van der Waals surface area contributed by atoms with Crippen LogP contribution < -0.4 is 10.3 Å². The molecule has 0 aliphatic heterocycles. The van der Waals surface area contributed by atoms with Crippen molar-refractivity contribution in [2.45, 2.75) is 6.04 Å². The van der Waals surface area contributed by atoms with Crippen LogP contribution in [0.5, 0.6) is 5.75 Å². The molecule has 0 aliphatic rings. The maximum absolute atomic E-state index is 10.7. The molecule has 6 heteroatoms. The molecule has 0 bridgehead atoms. The molecule has 100 valence electrons. The first-order chi connectivity index (χ1) is 8.96. The Morgan fingerprint density at radius 3 is 2.00 bits per heavy atom. The Bertz CT molecular complexity index is 579. The molecule has 0 heterocycles. The monoisotopic (exact) mass is 279 g/mol. The van der Waals surface area contributed by atoms with Crippen molar-refractivity contribution in [1.29, 1.82) is 0 Å². The third-order valence-corrected chi connectivity index (χ3v) is 3.07. The Kier molecular flexibility index (Phi) is 4.02. The van der Waals surface area contributed by atoms with E-state index in [0.717, 1.165) is 11.1 Å². The van der Waals surface area contributed by atoms with E-state index in [1.165, 1.54) is 12.1 Å². The van der Waals surface area contributed by atoms with E-state index >= 15 is 0 Å². The molecule has 0 saturated carbocycles. The minimum absolute atomic E-state index is 0.109. The summed E-state index contributed by atoms with van der Waals surface area (Å²) in [6, 6.07) is 15.6. The van der Waals surface area contributed by atoms with Crippen LogP contribution in [0, 0.1) is 0 Å². The number of hydrogen-bond acceptors (Lipinski definition) is 3. The minimum atomic E-state index is -4.52. The smallest absolute Gasteiger partial charge is 0.404 e. The summed E-state index contributed by atoms with van der Waals surface area (Å²) in [5.41, 5.74) is 7.90. The number of nitrogens with two attached hydrogens (primary N) is 1. The summed E-state index contributed by atoms with van der Waals surface area (Å²) in [4.78, 5) is 17.4. The fourth-order valence-electron chi connectivity index (χ4n) is 1.73. The first-order valence-corrected chi connectivity index (χ1v) is 7.14. The number of hydrogen-bond donors (Lipinski definition) is 3. The molecule has 5 nitrogen and oxygen atoms in total. The van der Waals surface area contributed by atoms with E-state index in [9.17, 15) is 4.57 Å². The Morgan fingerprint density at radius 2 is 1.47 bits per heavy atom. The van der Waals surface area contributed by atoms with Crippen LogP contribution in [-0.2, 0) is 4.57 Å². The molecular weight excluding hydrogens is 265 g/mol. The van der Waals surface area contributed by atoms with Crippen LogP contribution in [0.15, 0.2) is 54.6 Å². The Balaban J connectivity index is 2.17. The van der Waals surface area contributed by atoms with Gasteiger partial charge in [0.15, 0.2) is 0 Å². The van der Waals surface area contributed by atoms with Gasteiger partial charge in [-0.25, -0.2) is 4.57 Å². The molecule has 2 aromatic rings. The van der Waals surface area contributed by atoms with Crippen molar-refractivity contribution in [3.63, 3.8) is 0 Å². The SMILES string of the molecule is NC(c1ccccc1)c1ccc(OP(=O)(O)O)cc1. The molecule has 1 atom stereocenters. The summed E-state index contributed by atoms with van der Waals surface area (Å²) < 4.78 is 15.2. The highest BCUT2D eigenvalue weighted by atomic mass is 31.2. The molecule has 2 aromatic carbocycles. The maximum Gasteiger partial charge on any atom is 0.524 e. The average molecular weight is 279 g/mol. The van der Waals surface area contributed by atoms with Crippen molar-refractivity contribution in [3.05, 3.63) is 65.7 Å². The molecule has 0 radical (unpaired) electrons. The lowest BCUT2D eigenvalue weighted by molar-refractivity contribution is 0.283. The van der Waals surface area contributed by atoms with Gasteiger partial charge in [-0.05, 0) is 23.3 Å². The van der Waals surface area contributed by atoms with Gasteiger partial charge in [0.2, 0.25) is 0 Å². The fraction of sp³-hybridized carbons (Fsp3) is 0.0769. The zero-order valence-electron chi connectivity index (χ0n) is 10.0. The van der Waals surface area contributed by atoms with Gasteiger partial charge in [0.05, 0.1) is 6.04 Å². The van der Waals surface area contributed by atoms with Gasteiger partial charge in [0.25, 0.3) is 0 Å². The molecule has 4 N–H and O–H groups in total. The third-order valence-electron chi connectivity index (χ3n) is 2.62. The molecule has 0 spiro atoms. The van der Waals surface area contributed by atoms with E-state index in [1.54, 1.807) is 12.1 Å². The van der Waals surface area contributed by atoms with Gasteiger partial charge in [-0.2, -0.15) is 0 Å². The first kappa shape index (κ1) is 13.8. The van der Waals surface area contributed by atoms with E-state index in [-0.39, 0.29) is 11.8 Å². The van der Waals surface area contributed by atoms with Crippen LogP contribution in [0.4, 0.5) is 0 Å². The van der Waals surface area contributed by atoms with E-state index in [0.29, 0.717) is 0 Å². The van der Waals surface area contributed by atoms with Crippen LogP contribution >= 0.6 is 7.82 Å². The topological polar surface area (TPSA) is 92.8 Å². The second kappa shape index (κ2) is 5.55. The highest BCUT2D eigenvalue weighted by molar-refractivity contribution is 7.46. The summed E-state index contributed by atoms with van der Waals surface area (Å²) in [5.74, 6) is 0.109. The Labute approximate surface area is 110 Å². The first-order valence-electron chi connectivity index (χ1n) is 5.61. The molecule has 0 aromatic heterocycles. The average Bonchev–Trinajstić information content (AvgIpc) is 2.38. The highest BCUT2D eigenvalue weighted by Gasteiger charge is 2.16. The largest absolute Gasteiger partial charge is 0.524 e. The van der Waals surface area contributed by atoms with Crippen LogP contribution in [-0.4, -0.2) is 9.79 Å². The van der Waals surface area contributed by atoms with Gasteiger partial charge in [-0.1, -0.05) is 42.5 Å². The van der Waals surface area contributed by atoms with Crippen molar-refractivity contribution < 1.29 is 18.9 Å². The van der Waals surface area contributed by atoms with Gasteiger partial charge in [0, 0.05) is 0 Å². The predicted molar refractivity (Wildman–Crippen MR) is 71.6 cm³/mol. The summed E-state index contributed by atoms with van der Waals surface area (Å²) in [5, 5.41) is 0. The van der Waals surface area contributed by atoms with Gasteiger partial charge >= 0.3 is 7.82 Å². The lowest BCUT2D eigenvalue weighted by Gasteiger charge is -2.13. The third kappa shape index (κ3) is 3.91. The lowest BCUT2D eigenvalue weighted by Crippen LogP contribution is -2.11. The van der Waals surface area contributed by atoms with Crippen molar-refractivity contribution in [3.8, 4) is 5.75 Å². The number of phosphoric ester groups is 1. The molecule has 0 amide bonds. The normalized spacial score (nSPS) is 13.0. The second-order valence-corrected chi connectivity index (χ2v) is 5.20. The molecule has 19 heavy (non-hydrogen) atoms. The van der Waals surface area contributed by atoms with Gasteiger partial charge in [-0.15, -0.1) is 0 Å². The van der Waals surface area contributed by atoms with Crippen LogP contribution in [0.2, 0.25) is 0 Å². The highest BCUT2D eigenvalue weighted by Crippen LogP contribution is 2.37. The summed E-state index contributed by atoms with van der Waals surface area (Å²) in [7, 11) is -4.52. The number of phosphoric acid groups is 1. The zero-order valence-corrected chi connectivity index (χ0v) is 10.9. The fourth-order valence-corrected chi connectivity index (χ4v) is 2.12. The van der Waals surface area contributed by atoms with Crippen molar-refractivity contribution >= 4 is 7.82 Å².